The van der Waals surface area contributed by atoms with Crippen LogP contribution in [0, 0.1) is 0 Å². The van der Waals surface area contributed by atoms with Gasteiger partial charge < -0.3 is 14.6 Å². The molecule has 0 radical (unpaired) electrons. The minimum atomic E-state index is -0.0163. The number of nitrogens with zero attached hydrogens (tertiary/aromatic N) is 1. The number of aliphatic hydroxyl groups is 1. The van der Waals surface area contributed by atoms with E-state index in [1.807, 2.05) is 13.8 Å². The Bertz CT molecular complexity index is 274. The molecule has 0 aromatic carbocycles. The second-order valence-electron chi connectivity index (χ2n) is 3.25. The van der Waals surface area contributed by atoms with Gasteiger partial charge in [-0.05, 0) is 25.5 Å². The van der Waals surface area contributed by atoms with Crippen LogP contribution in [0.5, 0.6) is 5.88 Å². The van der Waals surface area contributed by atoms with Crippen LogP contribution in [-0.4, -0.2) is 29.4 Å². The lowest BCUT2D eigenvalue weighted by Crippen LogP contribution is -2.19. The predicted molar refractivity (Wildman–Crippen MR) is 56.7 cm³/mol. The first-order valence-corrected chi connectivity index (χ1v) is 5.06. The highest BCUT2D eigenvalue weighted by Crippen LogP contribution is 2.09. The van der Waals surface area contributed by atoms with Gasteiger partial charge in [0, 0.05) is 18.9 Å². The molecule has 0 bridgehead atoms. The monoisotopic (exact) mass is 211 g/mol. The Hall–Kier alpha value is -1.13. The van der Waals surface area contributed by atoms with E-state index in [9.17, 15) is 0 Å². The van der Waals surface area contributed by atoms with Crippen molar-refractivity contribution < 1.29 is 14.6 Å². The van der Waals surface area contributed by atoms with Gasteiger partial charge in [0.05, 0.1) is 13.2 Å². The Kier molecular flexibility index (Phi) is 5.07. The van der Waals surface area contributed by atoms with Gasteiger partial charge in [0.15, 0.2) is 0 Å². The van der Waals surface area contributed by atoms with E-state index in [-0.39, 0.29) is 12.7 Å². The van der Waals surface area contributed by atoms with Crippen molar-refractivity contribution in [1.82, 2.24) is 4.98 Å². The average molecular weight is 211 g/mol. The van der Waals surface area contributed by atoms with Gasteiger partial charge in [-0.25, -0.2) is 4.98 Å². The minimum absolute atomic E-state index is 0.00177. The highest BCUT2D eigenvalue weighted by atomic mass is 16.5. The maximum atomic E-state index is 8.83. The Morgan fingerprint density at radius 2 is 2.27 bits per heavy atom. The molecule has 0 saturated heterocycles. The molecule has 1 unspecified atom stereocenters. The fraction of sp³-hybridized carbons (Fsp3) is 0.545. The number of aromatic nitrogens is 1. The van der Waals surface area contributed by atoms with E-state index in [1.54, 1.807) is 18.3 Å². The third kappa shape index (κ3) is 4.27. The third-order valence-electron chi connectivity index (χ3n) is 1.86. The summed E-state index contributed by atoms with van der Waals surface area (Å²) in [4.78, 5) is 4.06. The lowest BCUT2D eigenvalue weighted by atomic mass is 10.3. The van der Waals surface area contributed by atoms with E-state index in [0.717, 1.165) is 5.56 Å². The minimum Gasteiger partial charge on any atom is -0.472 e. The Morgan fingerprint density at radius 3 is 2.80 bits per heavy atom. The molecule has 1 aromatic heterocycles. The molecule has 0 aliphatic rings. The topological polar surface area (TPSA) is 51.6 Å². The molecule has 15 heavy (non-hydrogen) atoms. The van der Waals surface area contributed by atoms with Gasteiger partial charge in [0.1, 0.15) is 6.10 Å². The zero-order chi connectivity index (χ0) is 11.1. The lowest BCUT2D eigenvalue weighted by molar-refractivity contribution is 0.0633. The van der Waals surface area contributed by atoms with Gasteiger partial charge in [0.25, 0.3) is 0 Å². The van der Waals surface area contributed by atoms with Crippen molar-refractivity contribution >= 4 is 0 Å². The van der Waals surface area contributed by atoms with E-state index in [4.69, 9.17) is 14.6 Å². The van der Waals surface area contributed by atoms with Crippen molar-refractivity contribution in [3.05, 3.63) is 23.9 Å². The van der Waals surface area contributed by atoms with E-state index in [1.165, 1.54) is 0 Å². The van der Waals surface area contributed by atoms with Crippen LogP contribution in [0.15, 0.2) is 18.3 Å². The molecule has 1 aromatic rings. The summed E-state index contributed by atoms with van der Waals surface area (Å²) >= 11 is 0. The maximum Gasteiger partial charge on any atom is 0.213 e. The number of pyridine rings is 1. The fourth-order valence-corrected chi connectivity index (χ4v) is 1.10. The molecule has 0 saturated carbocycles. The molecule has 4 nitrogen and oxygen atoms in total. The standard InChI is InChI=1S/C11H17NO3/c1-3-14-8-9(2)15-11-5-4-10(7-13)6-12-11/h4-6,9,13H,3,7-8H2,1-2H3. The summed E-state index contributed by atoms with van der Waals surface area (Å²) in [5.41, 5.74) is 0.778. The molecule has 84 valence electrons. The molecule has 1 heterocycles. The zero-order valence-corrected chi connectivity index (χ0v) is 9.14. The van der Waals surface area contributed by atoms with Crippen molar-refractivity contribution in [2.75, 3.05) is 13.2 Å². The summed E-state index contributed by atoms with van der Waals surface area (Å²) in [5, 5.41) is 8.83. The highest BCUT2D eigenvalue weighted by Gasteiger charge is 2.04. The molecule has 4 heteroatoms. The SMILES string of the molecule is CCOCC(C)Oc1ccc(CO)cn1. The van der Waals surface area contributed by atoms with Gasteiger partial charge >= 0.3 is 0 Å². The Labute approximate surface area is 89.9 Å². The average Bonchev–Trinajstić information content (AvgIpc) is 2.27. The molecule has 0 aliphatic heterocycles. The smallest absolute Gasteiger partial charge is 0.213 e. The largest absolute Gasteiger partial charge is 0.472 e. The van der Waals surface area contributed by atoms with Crippen molar-refractivity contribution in [3.63, 3.8) is 0 Å². The van der Waals surface area contributed by atoms with E-state index in [2.05, 4.69) is 4.98 Å². The molecule has 0 fully saturated rings. The Balaban J connectivity index is 2.42. The van der Waals surface area contributed by atoms with Crippen LogP contribution in [0.3, 0.4) is 0 Å². The van der Waals surface area contributed by atoms with Gasteiger partial charge in [-0.2, -0.15) is 0 Å². The summed E-state index contributed by atoms with van der Waals surface area (Å²) in [6.07, 6.45) is 1.58. The summed E-state index contributed by atoms with van der Waals surface area (Å²) in [7, 11) is 0. The maximum absolute atomic E-state index is 8.83. The van der Waals surface area contributed by atoms with Crippen molar-refractivity contribution in [2.24, 2.45) is 0 Å². The first-order chi connectivity index (χ1) is 7.26. The number of hydrogen-bond donors (Lipinski definition) is 1. The van der Waals surface area contributed by atoms with E-state index < -0.39 is 0 Å². The Morgan fingerprint density at radius 1 is 1.47 bits per heavy atom. The van der Waals surface area contributed by atoms with Gasteiger partial charge in [-0.1, -0.05) is 0 Å². The van der Waals surface area contributed by atoms with Crippen LogP contribution in [-0.2, 0) is 11.3 Å². The van der Waals surface area contributed by atoms with Crippen molar-refractivity contribution in [2.45, 2.75) is 26.6 Å². The fourth-order valence-electron chi connectivity index (χ4n) is 1.10. The van der Waals surface area contributed by atoms with Gasteiger partial charge in [0.2, 0.25) is 5.88 Å². The van der Waals surface area contributed by atoms with Crippen LogP contribution < -0.4 is 4.74 Å². The van der Waals surface area contributed by atoms with E-state index >= 15 is 0 Å². The molecule has 1 atom stereocenters. The quantitative estimate of drug-likeness (QED) is 0.772. The molecule has 0 spiro atoms. The first kappa shape index (κ1) is 11.9. The zero-order valence-electron chi connectivity index (χ0n) is 9.14. The molecular weight excluding hydrogens is 194 g/mol. The number of rotatable bonds is 6. The highest BCUT2D eigenvalue weighted by molar-refractivity contribution is 5.17. The molecular formula is C11H17NO3. The van der Waals surface area contributed by atoms with E-state index in [0.29, 0.717) is 19.1 Å². The van der Waals surface area contributed by atoms with Crippen LogP contribution in [0.4, 0.5) is 0 Å². The van der Waals surface area contributed by atoms with Crippen LogP contribution in [0.25, 0.3) is 0 Å². The summed E-state index contributed by atoms with van der Waals surface area (Å²) < 4.78 is 10.7. The second-order valence-corrected chi connectivity index (χ2v) is 3.25. The molecule has 0 amide bonds. The van der Waals surface area contributed by atoms with Crippen LogP contribution in [0.2, 0.25) is 0 Å². The molecule has 1 rings (SSSR count). The molecule has 0 aliphatic carbocycles. The number of aliphatic hydroxyl groups excluding tert-OH is 1. The first-order valence-electron chi connectivity index (χ1n) is 5.06. The normalized spacial score (nSPS) is 12.5. The third-order valence-corrected chi connectivity index (χ3v) is 1.86. The molecule has 1 N–H and O–H groups in total. The van der Waals surface area contributed by atoms with Crippen molar-refractivity contribution in [1.29, 1.82) is 0 Å². The summed E-state index contributed by atoms with van der Waals surface area (Å²) in [5.74, 6) is 0.555. The van der Waals surface area contributed by atoms with Gasteiger partial charge in [-0.3, -0.25) is 0 Å². The summed E-state index contributed by atoms with van der Waals surface area (Å²) in [6.45, 7) is 5.12. The van der Waals surface area contributed by atoms with Crippen LogP contribution >= 0.6 is 0 Å². The summed E-state index contributed by atoms with van der Waals surface area (Å²) in [6, 6.07) is 3.53. The lowest BCUT2D eigenvalue weighted by Gasteiger charge is -2.13. The van der Waals surface area contributed by atoms with Gasteiger partial charge in [-0.15, -0.1) is 0 Å². The predicted octanol–water partition coefficient (Wildman–Crippen LogP) is 1.38. The second kappa shape index (κ2) is 6.37. The van der Waals surface area contributed by atoms with Crippen molar-refractivity contribution in [3.8, 4) is 5.88 Å². The van der Waals surface area contributed by atoms with Crippen LogP contribution in [0.1, 0.15) is 19.4 Å². The number of hydrogen-bond acceptors (Lipinski definition) is 4. The number of ether oxygens (including phenoxy) is 2.